The van der Waals surface area contributed by atoms with E-state index in [0.29, 0.717) is 37.1 Å². The highest BCUT2D eigenvalue weighted by atomic mass is 32.2. The van der Waals surface area contributed by atoms with Gasteiger partial charge in [-0.15, -0.1) is 0 Å². The molecule has 2 aliphatic rings. The predicted octanol–water partition coefficient (Wildman–Crippen LogP) is 1.24. The number of benzene rings is 1. The molecule has 3 heterocycles. The maximum absolute atomic E-state index is 12.5. The molecule has 0 unspecified atom stereocenters. The van der Waals surface area contributed by atoms with E-state index in [1.165, 1.54) is 31.3 Å². The summed E-state index contributed by atoms with van der Waals surface area (Å²) in [6, 6.07) is 6.50. The molecule has 2 aromatic rings. The van der Waals surface area contributed by atoms with Gasteiger partial charge >= 0.3 is 0 Å². The first-order valence-electron chi connectivity index (χ1n) is 9.32. The molecular formula is C18H23N5O4S. The monoisotopic (exact) mass is 405 g/mol. The third kappa shape index (κ3) is 4.28. The van der Waals surface area contributed by atoms with Crippen molar-refractivity contribution in [2.45, 2.75) is 17.7 Å². The van der Waals surface area contributed by atoms with E-state index in [-0.39, 0.29) is 11.4 Å². The lowest BCUT2D eigenvalue weighted by Crippen LogP contribution is -2.29. The topological polar surface area (TPSA) is 106 Å². The van der Waals surface area contributed by atoms with Crippen LogP contribution in [0.2, 0.25) is 0 Å². The summed E-state index contributed by atoms with van der Waals surface area (Å²) >= 11 is 0. The van der Waals surface area contributed by atoms with Crippen molar-refractivity contribution in [2.24, 2.45) is 0 Å². The van der Waals surface area contributed by atoms with E-state index in [1.54, 1.807) is 6.07 Å². The van der Waals surface area contributed by atoms with E-state index in [0.717, 1.165) is 18.9 Å². The van der Waals surface area contributed by atoms with Gasteiger partial charge in [0, 0.05) is 38.3 Å². The smallest absolute Gasteiger partial charge is 0.240 e. The minimum Gasteiger partial charge on any atom is -0.486 e. The Bertz CT molecular complexity index is 931. The fourth-order valence-electron chi connectivity index (χ4n) is 3.21. The van der Waals surface area contributed by atoms with Gasteiger partial charge in [0.15, 0.2) is 11.5 Å². The summed E-state index contributed by atoms with van der Waals surface area (Å²) in [5, 5.41) is 3.13. The van der Waals surface area contributed by atoms with Crippen molar-refractivity contribution < 1.29 is 17.9 Å². The van der Waals surface area contributed by atoms with Gasteiger partial charge in [-0.05, 0) is 25.0 Å². The second kappa shape index (κ2) is 8.19. The van der Waals surface area contributed by atoms with Gasteiger partial charge in [0.05, 0.1) is 4.90 Å². The Morgan fingerprint density at radius 1 is 1.00 bits per heavy atom. The largest absolute Gasteiger partial charge is 0.486 e. The quantitative estimate of drug-likeness (QED) is 0.663. The summed E-state index contributed by atoms with van der Waals surface area (Å²) in [5.41, 5.74) is 0. The van der Waals surface area contributed by atoms with Crippen molar-refractivity contribution >= 4 is 21.7 Å². The lowest BCUT2D eigenvalue weighted by atomic mass is 10.3. The van der Waals surface area contributed by atoms with Crippen LogP contribution in [0.1, 0.15) is 12.8 Å². The van der Waals surface area contributed by atoms with E-state index >= 15 is 0 Å². The summed E-state index contributed by atoms with van der Waals surface area (Å²) in [5.74, 6) is 2.58. The number of fused-ring (bicyclic) bond motifs is 1. The van der Waals surface area contributed by atoms with Gasteiger partial charge in [-0.25, -0.2) is 23.1 Å². The first kappa shape index (κ1) is 18.8. The highest BCUT2D eigenvalue weighted by Crippen LogP contribution is 2.32. The van der Waals surface area contributed by atoms with Crippen molar-refractivity contribution in [1.29, 1.82) is 0 Å². The van der Waals surface area contributed by atoms with Crippen LogP contribution in [0.5, 0.6) is 11.5 Å². The molecule has 4 rings (SSSR count). The number of nitrogens with zero attached hydrogens (tertiary/aromatic N) is 3. The summed E-state index contributed by atoms with van der Waals surface area (Å²) in [6.07, 6.45) is 3.87. The van der Waals surface area contributed by atoms with Gasteiger partial charge < -0.3 is 19.7 Å². The second-order valence-corrected chi connectivity index (χ2v) is 8.35. The molecule has 1 fully saturated rings. The first-order valence-corrected chi connectivity index (χ1v) is 10.8. The zero-order chi connectivity index (χ0) is 19.4. The summed E-state index contributed by atoms with van der Waals surface area (Å²) in [4.78, 5) is 10.9. The van der Waals surface area contributed by atoms with Crippen molar-refractivity contribution in [3.63, 3.8) is 0 Å². The Morgan fingerprint density at radius 2 is 1.79 bits per heavy atom. The van der Waals surface area contributed by atoms with Gasteiger partial charge in [0.25, 0.3) is 0 Å². The van der Waals surface area contributed by atoms with Gasteiger partial charge in [0.1, 0.15) is 31.2 Å². The average molecular weight is 405 g/mol. The minimum absolute atomic E-state index is 0.148. The molecule has 0 atom stereocenters. The van der Waals surface area contributed by atoms with E-state index < -0.39 is 10.0 Å². The van der Waals surface area contributed by atoms with E-state index in [9.17, 15) is 8.42 Å². The SMILES string of the molecule is O=S(=O)(NCCNc1cc(N2CCCC2)ncn1)c1ccc2c(c1)OCCO2. The Kier molecular flexibility index (Phi) is 5.49. The molecular weight excluding hydrogens is 382 g/mol. The number of hydrogen-bond donors (Lipinski definition) is 2. The molecule has 0 saturated carbocycles. The number of nitrogens with one attached hydrogen (secondary N) is 2. The molecule has 2 N–H and O–H groups in total. The molecule has 9 nitrogen and oxygen atoms in total. The van der Waals surface area contributed by atoms with E-state index in [1.807, 2.05) is 6.07 Å². The van der Waals surface area contributed by atoms with E-state index in [2.05, 4.69) is 24.9 Å². The third-order valence-electron chi connectivity index (χ3n) is 4.63. The molecule has 1 aromatic heterocycles. The lowest BCUT2D eigenvalue weighted by molar-refractivity contribution is 0.171. The van der Waals surface area contributed by atoms with Crippen LogP contribution in [-0.4, -0.2) is 57.8 Å². The Morgan fingerprint density at radius 3 is 2.61 bits per heavy atom. The highest BCUT2D eigenvalue weighted by Gasteiger charge is 2.19. The van der Waals surface area contributed by atoms with Crippen molar-refractivity contribution in [3.05, 3.63) is 30.6 Å². The summed E-state index contributed by atoms with van der Waals surface area (Å²) < 4.78 is 38.4. The van der Waals surface area contributed by atoms with Gasteiger partial charge in [-0.1, -0.05) is 0 Å². The van der Waals surface area contributed by atoms with Crippen LogP contribution in [0, 0.1) is 0 Å². The zero-order valence-electron chi connectivity index (χ0n) is 15.4. The van der Waals surface area contributed by atoms with Crippen LogP contribution in [0.25, 0.3) is 0 Å². The molecule has 1 saturated heterocycles. The summed E-state index contributed by atoms with van der Waals surface area (Å²) in [7, 11) is -3.64. The number of rotatable bonds is 7. The molecule has 1 aromatic carbocycles. The Balaban J connectivity index is 1.31. The van der Waals surface area contributed by atoms with Crippen LogP contribution in [0.15, 0.2) is 35.5 Å². The Labute approximate surface area is 164 Å². The standard InChI is InChI=1S/C18H23N5O4S/c24-28(25,14-3-4-15-16(11-14)27-10-9-26-15)22-6-5-19-17-12-18(21-13-20-17)23-7-1-2-8-23/h3-4,11-13,22H,1-2,5-10H2,(H,19,20,21). The Hall–Kier alpha value is -2.59. The van der Waals surface area contributed by atoms with E-state index in [4.69, 9.17) is 9.47 Å². The molecule has 28 heavy (non-hydrogen) atoms. The van der Waals surface area contributed by atoms with Crippen molar-refractivity contribution in [3.8, 4) is 11.5 Å². The zero-order valence-corrected chi connectivity index (χ0v) is 16.2. The van der Waals surface area contributed by atoms with Crippen LogP contribution in [0.4, 0.5) is 11.6 Å². The number of ether oxygens (including phenoxy) is 2. The lowest BCUT2D eigenvalue weighted by Gasteiger charge is -2.19. The summed E-state index contributed by atoms with van der Waals surface area (Å²) in [6.45, 7) is 3.51. The van der Waals surface area contributed by atoms with Crippen LogP contribution in [-0.2, 0) is 10.0 Å². The molecule has 150 valence electrons. The maximum Gasteiger partial charge on any atom is 0.240 e. The van der Waals surface area contributed by atoms with Crippen molar-refractivity contribution in [2.75, 3.05) is 49.6 Å². The molecule has 0 bridgehead atoms. The van der Waals surface area contributed by atoms with Crippen LogP contribution < -0.4 is 24.4 Å². The number of sulfonamides is 1. The molecule has 0 radical (unpaired) electrons. The fraction of sp³-hybridized carbons (Fsp3) is 0.444. The van der Waals surface area contributed by atoms with Crippen molar-refractivity contribution in [1.82, 2.24) is 14.7 Å². The molecule has 0 aliphatic carbocycles. The molecule has 0 amide bonds. The maximum atomic E-state index is 12.5. The number of anilines is 2. The normalized spacial score (nSPS) is 16.2. The third-order valence-corrected chi connectivity index (χ3v) is 6.09. The molecule has 10 heteroatoms. The highest BCUT2D eigenvalue weighted by molar-refractivity contribution is 7.89. The molecule has 2 aliphatic heterocycles. The number of aromatic nitrogens is 2. The minimum atomic E-state index is -3.64. The second-order valence-electron chi connectivity index (χ2n) is 6.59. The predicted molar refractivity (Wildman–Crippen MR) is 105 cm³/mol. The van der Waals surface area contributed by atoms with Gasteiger partial charge in [-0.3, -0.25) is 0 Å². The fourth-order valence-corrected chi connectivity index (χ4v) is 4.26. The van der Waals surface area contributed by atoms with Gasteiger partial charge in [-0.2, -0.15) is 0 Å². The van der Waals surface area contributed by atoms with Crippen LogP contribution >= 0.6 is 0 Å². The first-order chi connectivity index (χ1) is 13.6. The van der Waals surface area contributed by atoms with Gasteiger partial charge in [0.2, 0.25) is 10.0 Å². The molecule has 0 spiro atoms. The average Bonchev–Trinajstić information content (AvgIpc) is 3.26. The van der Waals surface area contributed by atoms with Crippen LogP contribution in [0.3, 0.4) is 0 Å². The number of hydrogen-bond acceptors (Lipinski definition) is 8.